The Morgan fingerprint density at radius 2 is 2.06 bits per heavy atom. The Labute approximate surface area is 102 Å². The van der Waals surface area contributed by atoms with Crippen LogP contribution in [0.15, 0.2) is 24.3 Å². The average molecular weight is 231 g/mol. The third kappa shape index (κ3) is 3.89. The smallest absolute Gasteiger partial charge is 0.240 e. The zero-order valence-corrected chi connectivity index (χ0v) is 10.2. The van der Waals surface area contributed by atoms with Gasteiger partial charge in [-0.25, -0.2) is 0 Å². The molecule has 0 atom stereocenters. The molecule has 0 saturated heterocycles. The second kappa shape index (κ2) is 6.66. The summed E-state index contributed by atoms with van der Waals surface area (Å²) in [7, 11) is 1.73. The molecule has 4 nitrogen and oxygen atoms in total. The van der Waals surface area contributed by atoms with E-state index in [1.165, 1.54) is 0 Å². The number of nitrogens with zero attached hydrogens (tertiary/aromatic N) is 2. The Balaban J connectivity index is 2.59. The monoisotopic (exact) mass is 231 g/mol. The van der Waals surface area contributed by atoms with E-state index < -0.39 is 0 Å². The number of benzene rings is 1. The molecule has 0 saturated carbocycles. The topological polar surface area (TPSA) is 56.1 Å². The molecule has 1 amide bonds. The Morgan fingerprint density at radius 3 is 2.59 bits per heavy atom. The number of hydrogen-bond donors (Lipinski definition) is 1. The van der Waals surface area contributed by atoms with Crippen LogP contribution in [0.1, 0.15) is 18.9 Å². The fourth-order valence-electron chi connectivity index (χ4n) is 1.39. The third-order valence-electron chi connectivity index (χ3n) is 2.46. The number of likely N-dealkylation sites (N-methyl/N-ethyl adjacent to an activating group) is 1. The number of anilines is 1. The highest BCUT2D eigenvalue weighted by atomic mass is 16.2. The van der Waals surface area contributed by atoms with Crippen molar-refractivity contribution in [3.05, 3.63) is 29.8 Å². The summed E-state index contributed by atoms with van der Waals surface area (Å²) >= 11 is 0. The van der Waals surface area contributed by atoms with E-state index in [2.05, 4.69) is 12.2 Å². The molecule has 1 N–H and O–H groups in total. The van der Waals surface area contributed by atoms with E-state index in [0.29, 0.717) is 12.1 Å². The molecular weight excluding hydrogens is 214 g/mol. The molecule has 90 valence electrons. The van der Waals surface area contributed by atoms with Crippen LogP contribution in [0.5, 0.6) is 0 Å². The van der Waals surface area contributed by atoms with Gasteiger partial charge < -0.3 is 10.2 Å². The van der Waals surface area contributed by atoms with E-state index >= 15 is 0 Å². The van der Waals surface area contributed by atoms with E-state index in [4.69, 9.17) is 5.26 Å². The largest absolute Gasteiger partial charge is 0.314 e. The average Bonchev–Trinajstić information content (AvgIpc) is 2.38. The summed E-state index contributed by atoms with van der Waals surface area (Å²) in [6, 6.07) is 9.01. The molecule has 0 radical (unpaired) electrons. The number of nitrogens with one attached hydrogen (secondary N) is 1. The Bertz CT molecular complexity index is 406. The van der Waals surface area contributed by atoms with Gasteiger partial charge in [0.1, 0.15) is 0 Å². The van der Waals surface area contributed by atoms with Gasteiger partial charge in [0.05, 0.1) is 18.2 Å². The quantitative estimate of drug-likeness (QED) is 0.782. The van der Waals surface area contributed by atoms with E-state index in [9.17, 15) is 4.79 Å². The van der Waals surface area contributed by atoms with Gasteiger partial charge in [0, 0.05) is 12.7 Å². The molecule has 0 unspecified atom stereocenters. The van der Waals surface area contributed by atoms with Gasteiger partial charge in [0.25, 0.3) is 0 Å². The van der Waals surface area contributed by atoms with Crippen molar-refractivity contribution in [1.82, 2.24) is 5.32 Å². The number of carbonyl (C=O) groups excluding carboxylic acids is 1. The van der Waals surface area contributed by atoms with Crippen molar-refractivity contribution in [1.29, 1.82) is 5.26 Å². The predicted octanol–water partition coefficient (Wildman–Crippen LogP) is 1.52. The molecule has 0 aromatic heterocycles. The minimum absolute atomic E-state index is 0.0168. The zero-order chi connectivity index (χ0) is 12.7. The van der Waals surface area contributed by atoms with Crippen LogP contribution in [0.25, 0.3) is 0 Å². The van der Waals surface area contributed by atoms with Gasteiger partial charge in [0.2, 0.25) is 5.91 Å². The van der Waals surface area contributed by atoms with E-state index in [1.807, 2.05) is 6.07 Å². The second-order valence-electron chi connectivity index (χ2n) is 3.79. The lowest BCUT2D eigenvalue weighted by molar-refractivity contribution is -0.117. The molecule has 1 aromatic rings. The lowest BCUT2D eigenvalue weighted by Gasteiger charge is -2.17. The lowest BCUT2D eigenvalue weighted by atomic mass is 10.2. The van der Waals surface area contributed by atoms with Crippen molar-refractivity contribution < 1.29 is 4.79 Å². The molecule has 0 spiro atoms. The van der Waals surface area contributed by atoms with E-state index in [-0.39, 0.29) is 5.91 Å². The SMILES string of the molecule is CCCNCC(=O)N(C)c1ccc(C#N)cc1. The summed E-state index contributed by atoms with van der Waals surface area (Å²) in [5.74, 6) is 0.0168. The van der Waals surface area contributed by atoms with Crippen molar-refractivity contribution in [2.45, 2.75) is 13.3 Å². The maximum absolute atomic E-state index is 11.8. The molecular formula is C13H17N3O. The fraction of sp³-hybridized carbons (Fsp3) is 0.385. The molecule has 0 aliphatic carbocycles. The summed E-state index contributed by atoms with van der Waals surface area (Å²) in [5, 5.41) is 11.7. The van der Waals surface area contributed by atoms with Crippen molar-refractivity contribution in [3.8, 4) is 6.07 Å². The Morgan fingerprint density at radius 1 is 1.41 bits per heavy atom. The number of amides is 1. The van der Waals surface area contributed by atoms with Crippen molar-refractivity contribution >= 4 is 11.6 Å². The van der Waals surface area contributed by atoms with Gasteiger partial charge in [-0.3, -0.25) is 4.79 Å². The molecule has 1 aromatic carbocycles. The Kier molecular flexibility index (Phi) is 5.18. The van der Waals surface area contributed by atoms with Crippen LogP contribution < -0.4 is 10.2 Å². The lowest BCUT2D eigenvalue weighted by Crippen LogP contribution is -2.35. The molecule has 4 heteroatoms. The fourth-order valence-corrected chi connectivity index (χ4v) is 1.39. The van der Waals surface area contributed by atoms with Crippen LogP contribution in [0.4, 0.5) is 5.69 Å². The van der Waals surface area contributed by atoms with Gasteiger partial charge >= 0.3 is 0 Å². The molecule has 1 rings (SSSR count). The molecule has 0 heterocycles. The van der Waals surface area contributed by atoms with Gasteiger partial charge in [-0.1, -0.05) is 6.92 Å². The van der Waals surface area contributed by atoms with Crippen molar-refractivity contribution in [2.24, 2.45) is 0 Å². The number of nitriles is 1. The molecule has 0 bridgehead atoms. The molecule has 0 aliphatic rings. The van der Waals surface area contributed by atoms with E-state index in [1.54, 1.807) is 36.2 Å². The first-order chi connectivity index (χ1) is 8.19. The minimum Gasteiger partial charge on any atom is -0.314 e. The molecule has 0 aliphatic heterocycles. The van der Waals surface area contributed by atoms with Crippen molar-refractivity contribution in [3.63, 3.8) is 0 Å². The summed E-state index contributed by atoms with van der Waals surface area (Å²) in [6.45, 7) is 3.24. The second-order valence-corrected chi connectivity index (χ2v) is 3.79. The zero-order valence-electron chi connectivity index (χ0n) is 10.2. The van der Waals surface area contributed by atoms with Crippen LogP contribution in [-0.4, -0.2) is 26.0 Å². The van der Waals surface area contributed by atoms with Gasteiger partial charge in [-0.05, 0) is 37.2 Å². The number of carbonyl (C=O) groups is 1. The first-order valence-electron chi connectivity index (χ1n) is 5.66. The predicted molar refractivity (Wildman–Crippen MR) is 67.7 cm³/mol. The highest BCUT2D eigenvalue weighted by Crippen LogP contribution is 2.13. The minimum atomic E-state index is 0.0168. The summed E-state index contributed by atoms with van der Waals surface area (Å²) in [5.41, 5.74) is 1.39. The van der Waals surface area contributed by atoms with Crippen LogP contribution in [-0.2, 0) is 4.79 Å². The van der Waals surface area contributed by atoms with Crippen molar-refractivity contribution in [2.75, 3.05) is 25.0 Å². The van der Waals surface area contributed by atoms with Gasteiger partial charge in [-0.15, -0.1) is 0 Å². The maximum Gasteiger partial charge on any atom is 0.240 e. The molecule has 17 heavy (non-hydrogen) atoms. The van der Waals surface area contributed by atoms with Crippen LogP contribution >= 0.6 is 0 Å². The van der Waals surface area contributed by atoms with Crippen LogP contribution in [0, 0.1) is 11.3 Å². The Hall–Kier alpha value is -1.86. The first kappa shape index (κ1) is 13.2. The van der Waals surface area contributed by atoms with Crippen LogP contribution in [0.2, 0.25) is 0 Å². The number of hydrogen-bond acceptors (Lipinski definition) is 3. The number of rotatable bonds is 5. The molecule has 0 fully saturated rings. The summed E-state index contributed by atoms with van der Waals surface area (Å²) < 4.78 is 0. The van der Waals surface area contributed by atoms with Gasteiger partial charge in [0.15, 0.2) is 0 Å². The highest BCUT2D eigenvalue weighted by Gasteiger charge is 2.09. The standard InChI is InChI=1S/C13H17N3O/c1-3-8-15-10-13(17)16(2)12-6-4-11(9-14)5-7-12/h4-7,15H,3,8,10H2,1-2H3. The summed E-state index contributed by atoms with van der Waals surface area (Å²) in [6.07, 6.45) is 1.01. The summed E-state index contributed by atoms with van der Waals surface area (Å²) in [4.78, 5) is 13.4. The van der Waals surface area contributed by atoms with Gasteiger partial charge in [-0.2, -0.15) is 5.26 Å². The maximum atomic E-state index is 11.8. The van der Waals surface area contributed by atoms with Crippen LogP contribution in [0.3, 0.4) is 0 Å². The van der Waals surface area contributed by atoms with E-state index in [0.717, 1.165) is 18.7 Å². The third-order valence-corrected chi connectivity index (χ3v) is 2.46. The first-order valence-corrected chi connectivity index (χ1v) is 5.66. The highest BCUT2D eigenvalue weighted by molar-refractivity contribution is 5.94. The normalized spacial score (nSPS) is 9.71.